The molecule has 0 saturated heterocycles. The van der Waals surface area contributed by atoms with Crippen molar-refractivity contribution in [3.63, 3.8) is 0 Å². The Bertz CT molecular complexity index is 1410. The van der Waals surface area contributed by atoms with E-state index in [4.69, 9.17) is 28.9 Å². The lowest BCUT2D eigenvalue weighted by Crippen LogP contribution is -2.26. The highest BCUT2D eigenvalue weighted by Gasteiger charge is 2.35. The number of hydrogen-bond acceptors (Lipinski definition) is 4. The van der Waals surface area contributed by atoms with Crippen molar-refractivity contribution < 1.29 is 0 Å². The van der Waals surface area contributed by atoms with Gasteiger partial charge in [-0.05, 0) is 55.0 Å². The Morgan fingerprint density at radius 2 is 1.90 bits per heavy atom. The first kappa shape index (κ1) is 19.3. The molecule has 0 bridgehead atoms. The SMILES string of the molecule is Cc1nn(-c2cccc(Cl)c2)c2c1C(c1ccc(Br)cc1)c1c([nH]c(=S)[nH]c1=O)N2. The standard InChI is InChI=1S/C21H15BrClN5OS/c1-10-15-16(11-5-7-12(22)8-6-11)17-18(25-21(30)26-20(17)29)24-19(15)28(27-10)14-4-2-3-13(23)9-14/h2-9,16H,1H3,(H3,24,25,26,29,30). The highest BCUT2D eigenvalue weighted by Crippen LogP contribution is 2.45. The van der Waals surface area contributed by atoms with Gasteiger partial charge in [-0.15, -0.1) is 0 Å². The minimum absolute atomic E-state index is 0.227. The molecule has 1 aliphatic rings. The Labute approximate surface area is 190 Å². The number of benzene rings is 2. The summed E-state index contributed by atoms with van der Waals surface area (Å²) in [6.45, 7) is 1.94. The number of rotatable bonds is 2. The fourth-order valence-corrected chi connectivity index (χ4v) is 4.56. The van der Waals surface area contributed by atoms with Crippen molar-refractivity contribution in [2.45, 2.75) is 12.8 Å². The molecule has 1 atom stereocenters. The number of nitrogens with one attached hydrogen (secondary N) is 3. The van der Waals surface area contributed by atoms with Crippen molar-refractivity contribution in [3.05, 3.63) is 95.5 Å². The molecule has 150 valence electrons. The van der Waals surface area contributed by atoms with Crippen LogP contribution in [-0.2, 0) is 0 Å². The maximum Gasteiger partial charge on any atom is 0.257 e. The second kappa shape index (κ2) is 7.23. The number of aromatic amines is 2. The van der Waals surface area contributed by atoms with Crippen molar-refractivity contribution in [3.8, 4) is 5.69 Å². The third kappa shape index (κ3) is 3.12. The molecule has 0 fully saturated rings. The van der Waals surface area contributed by atoms with Gasteiger partial charge in [-0.3, -0.25) is 9.78 Å². The number of fused-ring (bicyclic) bond motifs is 2. The maximum atomic E-state index is 12.9. The summed E-state index contributed by atoms with van der Waals surface area (Å²) in [6.07, 6.45) is 0. The van der Waals surface area contributed by atoms with E-state index in [1.165, 1.54) is 0 Å². The average molecular weight is 501 g/mol. The summed E-state index contributed by atoms with van der Waals surface area (Å²) in [5, 5.41) is 8.73. The molecule has 0 radical (unpaired) electrons. The molecule has 9 heteroatoms. The van der Waals surface area contributed by atoms with Crippen molar-refractivity contribution in [1.29, 1.82) is 0 Å². The number of hydrogen-bond donors (Lipinski definition) is 3. The van der Waals surface area contributed by atoms with Gasteiger partial charge in [-0.2, -0.15) is 5.10 Å². The van der Waals surface area contributed by atoms with Gasteiger partial charge in [0.15, 0.2) is 4.77 Å². The lowest BCUT2D eigenvalue weighted by molar-refractivity contribution is 0.863. The number of aromatic nitrogens is 4. The Hall–Kier alpha value is -2.68. The summed E-state index contributed by atoms with van der Waals surface area (Å²) in [4.78, 5) is 18.7. The molecule has 30 heavy (non-hydrogen) atoms. The Morgan fingerprint density at radius 3 is 2.63 bits per heavy atom. The first-order valence-corrected chi connectivity index (χ1v) is 10.7. The second-order valence-electron chi connectivity index (χ2n) is 7.05. The average Bonchev–Trinajstić information content (AvgIpc) is 3.03. The van der Waals surface area contributed by atoms with Crippen molar-refractivity contribution in [2.75, 3.05) is 5.32 Å². The molecule has 4 aromatic rings. The number of nitrogens with zero attached hydrogens (tertiary/aromatic N) is 2. The van der Waals surface area contributed by atoms with Crippen LogP contribution in [0.2, 0.25) is 5.02 Å². The zero-order valence-electron chi connectivity index (χ0n) is 15.7. The first-order chi connectivity index (χ1) is 14.4. The van der Waals surface area contributed by atoms with E-state index < -0.39 is 0 Å². The van der Waals surface area contributed by atoms with Crippen LogP contribution in [0, 0.1) is 11.7 Å². The lowest BCUT2D eigenvalue weighted by atomic mass is 9.83. The number of anilines is 2. The van der Waals surface area contributed by atoms with Crippen LogP contribution in [0.3, 0.4) is 0 Å². The van der Waals surface area contributed by atoms with E-state index in [-0.39, 0.29) is 16.2 Å². The summed E-state index contributed by atoms with van der Waals surface area (Å²) in [5.74, 6) is 1.02. The molecular weight excluding hydrogens is 486 g/mol. The van der Waals surface area contributed by atoms with Gasteiger partial charge in [0.05, 0.1) is 16.9 Å². The quantitative estimate of drug-likeness (QED) is 0.277. The molecule has 5 rings (SSSR count). The minimum Gasteiger partial charge on any atom is -0.326 e. The molecule has 0 aliphatic carbocycles. The van der Waals surface area contributed by atoms with Crippen LogP contribution in [-0.4, -0.2) is 19.7 Å². The highest BCUT2D eigenvalue weighted by atomic mass is 79.9. The molecule has 3 heterocycles. The van der Waals surface area contributed by atoms with Crippen LogP contribution in [0.5, 0.6) is 0 Å². The summed E-state index contributed by atoms with van der Waals surface area (Å²) >= 11 is 14.9. The van der Waals surface area contributed by atoms with Gasteiger partial charge in [0.1, 0.15) is 11.6 Å². The zero-order chi connectivity index (χ0) is 21.0. The van der Waals surface area contributed by atoms with Gasteiger partial charge in [0.2, 0.25) is 0 Å². The van der Waals surface area contributed by atoms with Crippen LogP contribution in [0.1, 0.15) is 28.3 Å². The molecule has 0 saturated carbocycles. The Morgan fingerprint density at radius 1 is 1.13 bits per heavy atom. The third-order valence-corrected chi connectivity index (χ3v) is 6.13. The van der Waals surface area contributed by atoms with E-state index in [1.807, 2.05) is 60.1 Å². The summed E-state index contributed by atoms with van der Waals surface area (Å²) in [5.41, 5.74) is 3.90. The van der Waals surface area contributed by atoms with Gasteiger partial charge < -0.3 is 10.3 Å². The normalized spacial score (nSPS) is 14.7. The predicted molar refractivity (Wildman–Crippen MR) is 124 cm³/mol. The van der Waals surface area contributed by atoms with Crippen LogP contribution in [0.25, 0.3) is 5.69 Å². The maximum absolute atomic E-state index is 12.9. The number of H-pyrrole nitrogens is 2. The summed E-state index contributed by atoms with van der Waals surface area (Å²) < 4.78 is 3.03. The molecule has 0 amide bonds. The molecule has 2 aromatic heterocycles. The van der Waals surface area contributed by atoms with Crippen molar-refractivity contribution >= 4 is 51.4 Å². The first-order valence-electron chi connectivity index (χ1n) is 9.17. The van der Waals surface area contributed by atoms with E-state index in [0.29, 0.717) is 16.4 Å². The van der Waals surface area contributed by atoms with Gasteiger partial charge in [0, 0.05) is 21.0 Å². The molecule has 2 aromatic carbocycles. The summed E-state index contributed by atoms with van der Waals surface area (Å²) in [6, 6.07) is 15.4. The second-order valence-corrected chi connectivity index (χ2v) is 8.81. The Balaban J connectivity index is 1.82. The smallest absolute Gasteiger partial charge is 0.257 e. The van der Waals surface area contributed by atoms with Crippen molar-refractivity contribution in [1.82, 2.24) is 19.7 Å². The van der Waals surface area contributed by atoms with E-state index in [9.17, 15) is 4.79 Å². The molecule has 3 N–H and O–H groups in total. The number of aryl methyl sites for hydroxylation is 1. The van der Waals surface area contributed by atoms with E-state index in [1.54, 1.807) is 0 Å². The number of halogens is 2. The predicted octanol–water partition coefficient (Wildman–Crippen LogP) is 5.58. The van der Waals surface area contributed by atoms with Crippen LogP contribution >= 0.6 is 39.7 Å². The molecular formula is C21H15BrClN5OS. The van der Waals surface area contributed by atoms with Gasteiger partial charge in [-0.25, -0.2) is 4.68 Å². The van der Waals surface area contributed by atoms with E-state index in [2.05, 4.69) is 31.2 Å². The molecule has 0 spiro atoms. The van der Waals surface area contributed by atoms with Gasteiger partial charge in [-0.1, -0.05) is 45.7 Å². The highest BCUT2D eigenvalue weighted by molar-refractivity contribution is 9.10. The molecule has 6 nitrogen and oxygen atoms in total. The minimum atomic E-state index is -0.312. The summed E-state index contributed by atoms with van der Waals surface area (Å²) in [7, 11) is 0. The fraction of sp³-hybridized carbons (Fsp3) is 0.0952. The van der Waals surface area contributed by atoms with Crippen molar-refractivity contribution in [2.24, 2.45) is 0 Å². The third-order valence-electron chi connectivity index (χ3n) is 5.16. The van der Waals surface area contributed by atoms with E-state index >= 15 is 0 Å². The monoisotopic (exact) mass is 499 g/mol. The topological polar surface area (TPSA) is 78.5 Å². The largest absolute Gasteiger partial charge is 0.326 e. The molecule has 1 aliphatic heterocycles. The van der Waals surface area contributed by atoms with E-state index in [0.717, 1.165) is 32.8 Å². The Kier molecular flexibility index (Phi) is 4.65. The fourth-order valence-electron chi connectivity index (χ4n) is 3.92. The van der Waals surface area contributed by atoms with Gasteiger partial charge in [0.25, 0.3) is 5.56 Å². The zero-order valence-corrected chi connectivity index (χ0v) is 18.8. The van der Waals surface area contributed by atoms with Crippen LogP contribution in [0.4, 0.5) is 11.6 Å². The van der Waals surface area contributed by atoms with Crippen LogP contribution < -0.4 is 10.9 Å². The van der Waals surface area contributed by atoms with Crippen LogP contribution in [0.15, 0.2) is 57.8 Å². The lowest BCUT2D eigenvalue weighted by Gasteiger charge is -2.27. The van der Waals surface area contributed by atoms with Gasteiger partial charge >= 0.3 is 0 Å². The molecule has 1 unspecified atom stereocenters.